The van der Waals surface area contributed by atoms with E-state index in [0.717, 1.165) is 0 Å². The van der Waals surface area contributed by atoms with Crippen LogP contribution in [0.4, 0.5) is 0 Å². The van der Waals surface area contributed by atoms with Crippen LogP contribution in [0.3, 0.4) is 0 Å². The second kappa shape index (κ2) is 11.3. The smallest absolute Gasteiger partial charge is 0.384 e. The summed E-state index contributed by atoms with van der Waals surface area (Å²) in [6.07, 6.45) is 0. The second-order valence-corrected chi connectivity index (χ2v) is 12.0. The molecular formula is C21H12Cl9O4P. The van der Waals surface area contributed by atoms with Crippen LogP contribution in [-0.2, 0) is 4.57 Å². The number of hydrogen-bond donors (Lipinski definition) is 0. The third kappa shape index (κ3) is 6.15. The molecule has 0 aliphatic heterocycles. The summed E-state index contributed by atoms with van der Waals surface area (Å²) in [6, 6.07) is 3.76. The fourth-order valence-electron chi connectivity index (χ4n) is 2.72. The minimum Gasteiger partial charge on any atom is -0.384 e. The molecule has 4 nitrogen and oxygen atoms in total. The van der Waals surface area contributed by atoms with Gasteiger partial charge in [0.15, 0.2) is 17.2 Å². The van der Waals surface area contributed by atoms with Crippen LogP contribution >= 0.6 is 112 Å². The van der Waals surface area contributed by atoms with Crippen LogP contribution in [0.2, 0.25) is 45.2 Å². The van der Waals surface area contributed by atoms with Gasteiger partial charge in [0, 0.05) is 18.2 Å². The Morgan fingerprint density at radius 1 is 0.486 bits per heavy atom. The van der Waals surface area contributed by atoms with Gasteiger partial charge in [0.2, 0.25) is 0 Å². The average Bonchev–Trinajstić information content (AvgIpc) is 2.80. The van der Waals surface area contributed by atoms with Crippen molar-refractivity contribution in [1.82, 2.24) is 0 Å². The lowest BCUT2D eigenvalue weighted by molar-refractivity contribution is 0.298. The number of rotatable bonds is 6. The second-order valence-electron chi connectivity index (χ2n) is 7.05. The van der Waals surface area contributed by atoms with Crippen molar-refractivity contribution < 1.29 is 18.1 Å². The van der Waals surface area contributed by atoms with E-state index in [1.807, 2.05) is 0 Å². The Balaban J connectivity index is 2.18. The van der Waals surface area contributed by atoms with Gasteiger partial charge < -0.3 is 13.6 Å². The van der Waals surface area contributed by atoms with E-state index in [-0.39, 0.29) is 62.5 Å². The maximum atomic E-state index is 14.0. The summed E-state index contributed by atoms with van der Waals surface area (Å²) in [5, 5.41) is 0.857. The predicted octanol–water partition coefficient (Wildman–Crippen LogP) is 12.1. The molecule has 0 spiro atoms. The quantitative estimate of drug-likeness (QED) is 0.192. The SMILES string of the molecule is Cc1c(Cl)c(Cl)cc(OP(=O)(Oc2cc(Cl)c(Cl)c(C)c2Cl)Oc2cc(Cl)c(Cl)c(C)c2Cl)c1Cl. The van der Waals surface area contributed by atoms with Gasteiger partial charge in [0.1, 0.15) is 0 Å². The number of hydrogen-bond acceptors (Lipinski definition) is 4. The van der Waals surface area contributed by atoms with Crippen LogP contribution in [0, 0.1) is 20.8 Å². The molecule has 3 rings (SSSR count). The van der Waals surface area contributed by atoms with E-state index in [9.17, 15) is 4.57 Å². The molecule has 3 aromatic carbocycles. The molecule has 0 saturated carbocycles. The van der Waals surface area contributed by atoms with Crippen molar-refractivity contribution in [2.45, 2.75) is 20.8 Å². The molecule has 0 radical (unpaired) electrons. The van der Waals surface area contributed by atoms with Crippen molar-refractivity contribution in [1.29, 1.82) is 0 Å². The summed E-state index contributed by atoms with van der Waals surface area (Å²) < 4.78 is 31.0. The Kier molecular flexibility index (Phi) is 9.54. The monoisotopic (exact) mass is 674 g/mol. The highest BCUT2D eigenvalue weighted by atomic mass is 35.5. The van der Waals surface area contributed by atoms with Crippen LogP contribution in [0.15, 0.2) is 18.2 Å². The first-order valence-corrected chi connectivity index (χ1v) is 14.1. The summed E-state index contributed by atoms with van der Waals surface area (Å²) in [7, 11) is -4.69. The molecule has 0 amide bonds. The number of halogens is 9. The van der Waals surface area contributed by atoms with Crippen LogP contribution in [-0.4, -0.2) is 0 Å². The zero-order valence-electron chi connectivity index (χ0n) is 17.7. The molecule has 0 atom stereocenters. The molecule has 3 aromatic rings. The lowest BCUT2D eigenvalue weighted by Gasteiger charge is -2.23. The molecular weight excluding hydrogens is 666 g/mol. The highest BCUT2D eigenvalue weighted by molar-refractivity contribution is 7.49. The molecule has 0 aliphatic rings. The van der Waals surface area contributed by atoms with E-state index in [1.54, 1.807) is 20.8 Å². The lowest BCUT2D eigenvalue weighted by Crippen LogP contribution is -2.09. The van der Waals surface area contributed by atoms with E-state index in [2.05, 4.69) is 0 Å². The van der Waals surface area contributed by atoms with E-state index in [1.165, 1.54) is 18.2 Å². The van der Waals surface area contributed by atoms with Crippen LogP contribution in [0.25, 0.3) is 0 Å². The van der Waals surface area contributed by atoms with Crippen molar-refractivity contribution in [2.75, 3.05) is 0 Å². The summed E-state index contributed by atoms with van der Waals surface area (Å²) >= 11 is 56.0. The fraction of sp³-hybridized carbons (Fsp3) is 0.143. The van der Waals surface area contributed by atoms with Crippen molar-refractivity contribution in [2.24, 2.45) is 0 Å². The summed E-state index contributed by atoms with van der Waals surface area (Å²) in [6.45, 7) is 4.78. The van der Waals surface area contributed by atoms with Gasteiger partial charge in [-0.15, -0.1) is 0 Å². The zero-order valence-corrected chi connectivity index (χ0v) is 25.4. The van der Waals surface area contributed by atoms with Crippen molar-refractivity contribution in [3.05, 3.63) is 80.1 Å². The number of benzene rings is 3. The molecule has 14 heteroatoms. The van der Waals surface area contributed by atoms with Crippen LogP contribution < -0.4 is 13.6 Å². The summed E-state index contributed by atoms with van der Waals surface area (Å²) in [5.74, 6) is -0.451. The highest BCUT2D eigenvalue weighted by Crippen LogP contribution is 2.56. The molecule has 0 fully saturated rings. The largest absolute Gasteiger partial charge is 0.647 e. The van der Waals surface area contributed by atoms with Gasteiger partial charge in [0.25, 0.3) is 0 Å². The molecule has 0 aliphatic carbocycles. The van der Waals surface area contributed by atoms with Crippen LogP contribution in [0.5, 0.6) is 17.2 Å². The van der Waals surface area contributed by atoms with Gasteiger partial charge in [0.05, 0.1) is 45.2 Å². The third-order valence-corrected chi connectivity index (χ3v) is 9.97. The van der Waals surface area contributed by atoms with E-state index >= 15 is 0 Å². The Bertz CT molecular complexity index is 1230. The first kappa shape index (κ1) is 29.5. The molecule has 0 heterocycles. The topological polar surface area (TPSA) is 44.8 Å². The highest BCUT2D eigenvalue weighted by Gasteiger charge is 2.37. The summed E-state index contributed by atoms with van der Waals surface area (Å²) in [5.41, 5.74) is 1.11. The van der Waals surface area contributed by atoms with Gasteiger partial charge in [-0.3, -0.25) is 0 Å². The minimum atomic E-state index is -4.69. The Morgan fingerprint density at radius 2 is 0.714 bits per heavy atom. The minimum absolute atomic E-state index is 0.0136. The standard InChI is InChI=1S/C21H12Cl9O4P/c1-7-16(25)10(22)4-13(19(7)28)32-35(31,33-14-5-11(23)17(26)8(2)20(14)29)34-15-6-12(24)18(27)9(3)21(15)30/h4-6H,1-3H3. The fourth-order valence-corrected chi connectivity index (χ4v) is 6.03. The number of phosphoric ester groups is 1. The molecule has 0 unspecified atom stereocenters. The first-order valence-electron chi connectivity index (χ1n) is 9.28. The summed E-state index contributed by atoms with van der Waals surface area (Å²) in [4.78, 5) is 0. The Morgan fingerprint density at radius 3 is 0.943 bits per heavy atom. The van der Waals surface area contributed by atoms with Gasteiger partial charge in [-0.1, -0.05) is 104 Å². The van der Waals surface area contributed by atoms with Crippen molar-refractivity contribution in [3.63, 3.8) is 0 Å². The zero-order chi connectivity index (χ0) is 26.4. The Hall–Kier alpha value is -0.100. The van der Waals surface area contributed by atoms with Crippen molar-refractivity contribution in [3.8, 4) is 17.2 Å². The lowest BCUT2D eigenvalue weighted by atomic mass is 10.2. The van der Waals surface area contributed by atoms with E-state index < -0.39 is 7.82 Å². The molecule has 0 aromatic heterocycles. The van der Waals surface area contributed by atoms with E-state index in [4.69, 9.17) is 118 Å². The van der Waals surface area contributed by atoms with Gasteiger partial charge in [-0.05, 0) is 37.5 Å². The molecule has 0 saturated heterocycles. The molecule has 0 N–H and O–H groups in total. The van der Waals surface area contributed by atoms with Gasteiger partial charge >= 0.3 is 7.82 Å². The predicted molar refractivity (Wildman–Crippen MR) is 148 cm³/mol. The maximum Gasteiger partial charge on any atom is 0.647 e. The van der Waals surface area contributed by atoms with E-state index in [0.29, 0.717) is 16.7 Å². The number of phosphoric acid groups is 1. The van der Waals surface area contributed by atoms with Crippen molar-refractivity contribution >= 4 is 112 Å². The first-order chi connectivity index (χ1) is 16.2. The average molecular weight is 678 g/mol. The molecule has 35 heavy (non-hydrogen) atoms. The molecule has 188 valence electrons. The van der Waals surface area contributed by atoms with Gasteiger partial charge in [-0.25, -0.2) is 0 Å². The van der Waals surface area contributed by atoms with Gasteiger partial charge in [-0.2, -0.15) is 4.57 Å². The third-order valence-electron chi connectivity index (χ3n) is 4.66. The normalized spacial score (nSPS) is 11.5. The molecule has 0 bridgehead atoms. The maximum absolute atomic E-state index is 14.0. The Labute approximate surface area is 246 Å². The van der Waals surface area contributed by atoms with Crippen LogP contribution in [0.1, 0.15) is 16.7 Å².